The lowest BCUT2D eigenvalue weighted by Gasteiger charge is -2.15. The van der Waals surface area contributed by atoms with Gasteiger partial charge in [0, 0.05) is 37.7 Å². The smallest absolute Gasteiger partial charge is 0.0945 e. The molecule has 0 fully saturated rings. The van der Waals surface area contributed by atoms with Crippen LogP contribution in [0.2, 0.25) is 0 Å². The van der Waals surface area contributed by atoms with E-state index in [0.717, 1.165) is 37.4 Å². The molecule has 0 radical (unpaired) electrons. The molecule has 0 aliphatic heterocycles. The SMILES string of the molecule is CCCCCCCCCCCCCCCOCC(O)CNc1ccc(NCC(O)COCCCCCCCCCCCCCCC)cc1. The number of unbranched alkanes of at least 4 members (excludes halogenated alkanes) is 24. The number of aliphatic hydroxyl groups excluding tert-OH is 2. The maximum absolute atomic E-state index is 10.3. The van der Waals surface area contributed by atoms with Gasteiger partial charge in [-0.05, 0) is 37.1 Å². The Labute approximate surface area is 297 Å². The predicted octanol–water partition coefficient (Wildman–Crippen LogP) is 11.4. The Morgan fingerprint density at radius 1 is 0.417 bits per heavy atom. The minimum atomic E-state index is -0.528. The Morgan fingerprint density at radius 2 is 0.667 bits per heavy atom. The van der Waals surface area contributed by atoms with Crippen molar-refractivity contribution in [2.45, 2.75) is 193 Å². The van der Waals surface area contributed by atoms with E-state index in [-0.39, 0.29) is 0 Å². The molecule has 2 unspecified atom stereocenters. The lowest BCUT2D eigenvalue weighted by atomic mass is 10.0. The Hall–Kier alpha value is -1.34. The van der Waals surface area contributed by atoms with Crippen molar-refractivity contribution in [3.8, 4) is 0 Å². The van der Waals surface area contributed by atoms with E-state index in [4.69, 9.17) is 9.47 Å². The summed E-state index contributed by atoms with van der Waals surface area (Å²) in [5, 5.41) is 27.1. The molecular weight excluding hydrogens is 596 g/mol. The summed E-state index contributed by atoms with van der Waals surface area (Å²) in [7, 11) is 0. The number of hydrogen-bond donors (Lipinski definition) is 4. The summed E-state index contributed by atoms with van der Waals surface area (Å²) in [6.45, 7) is 7.66. The van der Waals surface area contributed by atoms with Gasteiger partial charge in [-0.15, -0.1) is 0 Å². The van der Waals surface area contributed by atoms with Crippen LogP contribution in [0.5, 0.6) is 0 Å². The molecule has 1 aromatic rings. The molecule has 0 spiro atoms. The minimum absolute atomic E-state index is 0.365. The molecule has 0 amide bonds. The first-order valence-corrected chi connectivity index (χ1v) is 20.7. The third-order valence-electron chi connectivity index (χ3n) is 9.37. The Morgan fingerprint density at radius 3 is 0.938 bits per heavy atom. The van der Waals surface area contributed by atoms with Gasteiger partial charge in [-0.3, -0.25) is 0 Å². The highest BCUT2D eigenvalue weighted by Crippen LogP contribution is 2.15. The maximum atomic E-state index is 10.3. The molecule has 0 saturated carbocycles. The van der Waals surface area contributed by atoms with Crippen LogP contribution in [-0.4, -0.2) is 61.9 Å². The Balaban J connectivity index is 1.90. The molecule has 4 N–H and O–H groups in total. The highest BCUT2D eigenvalue weighted by atomic mass is 16.5. The van der Waals surface area contributed by atoms with E-state index in [0.29, 0.717) is 26.3 Å². The monoisotopic (exact) mass is 677 g/mol. The first-order valence-electron chi connectivity index (χ1n) is 20.7. The van der Waals surface area contributed by atoms with Crippen molar-refractivity contribution >= 4 is 11.4 Å². The fourth-order valence-corrected chi connectivity index (χ4v) is 6.18. The molecule has 0 heterocycles. The molecule has 6 nitrogen and oxygen atoms in total. The van der Waals surface area contributed by atoms with Crippen LogP contribution in [-0.2, 0) is 9.47 Å². The van der Waals surface area contributed by atoms with Crippen molar-refractivity contribution in [3.05, 3.63) is 24.3 Å². The number of rotatable bonds is 38. The van der Waals surface area contributed by atoms with Crippen LogP contribution in [0.3, 0.4) is 0 Å². The lowest BCUT2D eigenvalue weighted by Crippen LogP contribution is -2.25. The summed E-state index contributed by atoms with van der Waals surface area (Å²) in [4.78, 5) is 0. The molecule has 0 bridgehead atoms. The van der Waals surface area contributed by atoms with Gasteiger partial charge in [0.15, 0.2) is 0 Å². The molecule has 1 rings (SSSR count). The minimum Gasteiger partial charge on any atom is -0.389 e. The maximum Gasteiger partial charge on any atom is 0.0945 e. The van der Waals surface area contributed by atoms with Gasteiger partial charge in [0.25, 0.3) is 0 Å². The summed E-state index contributed by atoms with van der Waals surface area (Å²) in [5.41, 5.74) is 1.91. The summed E-state index contributed by atoms with van der Waals surface area (Å²) in [5.74, 6) is 0. The fraction of sp³-hybridized carbons (Fsp3) is 0.857. The summed E-state index contributed by atoms with van der Waals surface area (Å²) in [6, 6.07) is 7.95. The van der Waals surface area contributed by atoms with E-state index in [1.165, 1.54) is 154 Å². The topological polar surface area (TPSA) is 83.0 Å². The van der Waals surface area contributed by atoms with Crippen molar-refractivity contribution in [2.75, 3.05) is 50.2 Å². The number of aliphatic hydroxyl groups is 2. The molecule has 282 valence electrons. The van der Waals surface area contributed by atoms with Gasteiger partial charge in [0.2, 0.25) is 0 Å². The van der Waals surface area contributed by atoms with Crippen LogP contribution >= 0.6 is 0 Å². The van der Waals surface area contributed by atoms with Crippen LogP contribution in [0.1, 0.15) is 181 Å². The highest BCUT2D eigenvalue weighted by molar-refractivity contribution is 5.53. The number of hydrogen-bond acceptors (Lipinski definition) is 6. The molecule has 0 aliphatic carbocycles. The zero-order chi connectivity index (χ0) is 34.6. The molecule has 1 aromatic carbocycles. The van der Waals surface area contributed by atoms with Gasteiger partial charge in [-0.2, -0.15) is 0 Å². The summed E-state index contributed by atoms with van der Waals surface area (Å²) < 4.78 is 11.4. The summed E-state index contributed by atoms with van der Waals surface area (Å²) in [6.07, 6.45) is 33.9. The standard InChI is InChI=1S/C42H80N2O4/c1-3-5-7-9-11-13-15-17-19-21-23-25-27-33-47-37-41(45)35-43-39-29-31-40(32-30-39)44-36-42(46)38-48-34-28-26-24-22-20-18-16-14-12-10-8-6-4-2/h29-32,41-46H,3-28,33-38H2,1-2H3. The van der Waals surface area contributed by atoms with Crippen LogP contribution < -0.4 is 10.6 Å². The van der Waals surface area contributed by atoms with Gasteiger partial charge in [-0.1, -0.05) is 168 Å². The summed E-state index contributed by atoms with van der Waals surface area (Å²) >= 11 is 0. The second-order valence-corrected chi connectivity index (χ2v) is 14.3. The van der Waals surface area contributed by atoms with Crippen molar-refractivity contribution in [3.63, 3.8) is 0 Å². The van der Waals surface area contributed by atoms with Gasteiger partial charge in [0.05, 0.1) is 25.4 Å². The van der Waals surface area contributed by atoms with E-state index in [1.807, 2.05) is 24.3 Å². The van der Waals surface area contributed by atoms with E-state index in [9.17, 15) is 10.2 Å². The van der Waals surface area contributed by atoms with Crippen molar-refractivity contribution in [1.82, 2.24) is 0 Å². The Kier molecular flexibility index (Phi) is 33.0. The van der Waals surface area contributed by atoms with Crippen LogP contribution in [0.4, 0.5) is 11.4 Å². The van der Waals surface area contributed by atoms with Crippen LogP contribution in [0.25, 0.3) is 0 Å². The van der Waals surface area contributed by atoms with Gasteiger partial charge in [-0.25, -0.2) is 0 Å². The van der Waals surface area contributed by atoms with E-state index < -0.39 is 12.2 Å². The third kappa shape index (κ3) is 30.7. The van der Waals surface area contributed by atoms with E-state index in [1.54, 1.807) is 0 Å². The largest absolute Gasteiger partial charge is 0.389 e. The molecular formula is C42H80N2O4. The average Bonchev–Trinajstić information content (AvgIpc) is 3.10. The molecule has 48 heavy (non-hydrogen) atoms. The van der Waals surface area contributed by atoms with Gasteiger partial charge < -0.3 is 30.3 Å². The van der Waals surface area contributed by atoms with E-state index in [2.05, 4.69) is 24.5 Å². The zero-order valence-electron chi connectivity index (χ0n) is 31.8. The lowest BCUT2D eigenvalue weighted by molar-refractivity contribution is 0.0416. The molecule has 0 aromatic heterocycles. The number of anilines is 2. The molecule has 0 aliphatic rings. The first kappa shape index (κ1) is 44.7. The van der Waals surface area contributed by atoms with Gasteiger partial charge >= 0.3 is 0 Å². The van der Waals surface area contributed by atoms with Crippen molar-refractivity contribution < 1.29 is 19.7 Å². The highest BCUT2D eigenvalue weighted by Gasteiger charge is 2.06. The Bertz CT molecular complexity index is 700. The number of ether oxygens (including phenoxy) is 2. The average molecular weight is 677 g/mol. The fourth-order valence-electron chi connectivity index (χ4n) is 6.18. The number of benzene rings is 1. The zero-order valence-corrected chi connectivity index (χ0v) is 31.8. The van der Waals surface area contributed by atoms with Gasteiger partial charge in [0.1, 0.15) is 0 Å². The van der Waals surface area contributed by atoms with Crippen molar-refractivity contribution in [2.24, 2.45) is 0 Å². The first-order chi connectivity index (χ1) is 23.7. The molecule has 0 saturated heterocycles. The molecule has 2 atom stereocenters. The normalized spacial score (nSPS) is 12.8. The predicted molar refractivity (Wildman–Crippen MR) is 208 cm³/mol. The van der Waals surface area contributed by atoms with Crippen molar-refractivity contribution in [1.29, 1.82) is 0 Å². The second kappa shape index (κ2) is 35.5. The van der Waals surface area contributed by atoms with Crippen LogP contribution in [0.15, 0.2) is 24.3 Å². The third-order valence-corrected chi connectivity index (χ3v) is 9.37. The van der Waals surface area contributed by atoms with E-state index >= 15 is 0 Å². The second-order valence-electron chi connectivity index (χ2n) is 14.3. The quantitative estimate of drug-likeness (QED) is 0.0522. The molecule has 6 heteroatoms. The number of nitrogens with one attached hydrogen (secondary N) is 2. The van der Waals surface area contributed by atoms with Crippen LogP contribution in [0, 0.1) is 0 Å².